The molecule has 72 valence electrons. The Kier molecular flexibility index (Phi) is 2.95. The molecule has 0 bridgehead atoms. The largest absolute Gasteiger partial charge is 0.501 e. The van der Waals surface area contributed by atoms with Crippen molar-refractivity contribution in [3.63, 3.8) is 0 Å². The molecule has 0 N–H and O–H groups in total. The first-order valence-corrected chi connectivity index (χ1v) is 4.59. The smallest absolute Gasteiger partial charge is 0.215 e. The molecule has 0 saturated carbocycles. The summed E-state index contributed by atoms with van der Waals surface area (Å²) in [5.74, 6) is -0.725. The van der Waals surface area contributed by atoms with Crippen LogP contribution in [0.4, 0.5) is 13.2 Å². The molecule has 0 saturated heterocycles. The number of hydrogen-bond donors (Lipinski definition) is 0. The molecule has 0 unspecified atom stereocenters. The van der Waals surface area contributed by atoms with Crippen LogP contribution in [0, 0.1) is 5.92 Å². The van der Waals surface area contributed by atoms with Gasteiger partial charge in [-0.2, -0.15) is 13.2 Å². The van der Waals surface area contributed by atoms with Crippen LogP contribution in [0.5, 0.6) is 0 Å². The van der Waals surface area contributed by atoms with E-state index in [2.05, 4.69) is 6.58 Å². The monoisotopic (exact) mass is 202 g/mol. The van der Waals surface area contributed by atoms with Crippen molar-refractivity contribution in [3.8, 4) is 0 Å². The summed E-state index contributed by atoms with van der Waals surface area (Å²) in [7, 11) is -5.17. The van der Waals surface area contributed by atoms with Gasteiger partial charge in [0.2, 0.25) is 0 Å². The van der Waals surface area contributed by atoms with Crippen LogP contribution in [0.25, 0.3) is 0 Å². The molecule has 6 heteroatoms. The Bertz CT molecular complexity index is 274. The van der Waals surface area contributed by atoms with Gasteiger partial charge in [0.15, 0.2) is 0 Å². The molecule has 0 rings (SSSR count). The third-order valence-corrected chi connectivity index (χ3v) is 3.06. The lowest BCUT2D eigenvalue weighted by Crippen LogP contribution is -2.26. The minimum Gasteiger partial charge on any atom is -0.215 e. The van der Waals surface area contributed by atoms with Gasteiger partial charge in [0, 0.05) is 4.91 Å². The van der Waals surface area contributed by atoms with Crippen LogP contribution < -0.4 is 0 Å². The average molecular weight is 202 g/mol. The predicted octanol–water partition coefficient (Wildman–Crippen LogP) is 2.09. The van der Waals surface area contributed by atoms with E-state index in [9.17, 15) is 21.6 Å². The molecular formula is C6H9F3O2S. The maximum Gasteiger partial charge on any atom is 0.501 e. The molecule has 0 aliphatic carbocycles. The minimum absolute atomic E-state index is 0.725. The lowest BCUT2D eigenvalue weighted by molar-refractivity contribution is -0.0428. The van der Waals surface area contributed by atoms with Crippen LogP contribution >= 0.6 is 0 Å². The van der Waals surface area contributed by atoms with Gasteiger partial charge in [-0.05, 0) is 5.92 Å². The highest BCUT2D eigenvalue weighted by atomic mass is 32.2. The number of rotatable bonds is 2. The molecule has 0 fully saturated rings. The van der Waals surface area contributed by atoms with Gasteiger partial charge in [0.25, 0.3) is 9.84 Å². The summed E-state index contributed by atoms with van der Waals surface area (Å²) in [6.07, 6.45) is 0. The number of sulfone groups is 1. The topological polar surface area (TPSA) is 34.1 Å². The summed E-state index contributed by atoms with van der Waals surface area (Å²) in [6.45, 7) is 5.56. The molecule has 0 radical (unpaired) electrons. The summed E-state index contributed by atoms with van der Waals surface area (Å²) in [5.41, 5.74) is -5.23. The van der Waals surface area contributed by atoms with Gasteiger partial charge in [-0.15, -0.1) is 0 Å². The van der Waals surface area contributed by atoms with Crippen LogP contribution in [-0.2, 0) is 9.84 Å². The third-order valence-electron chi connectivity index (χ3n) is 1.29. The second kappa shape index (κ2) is 3.08. The Morgan fingerprint density at radius 1 is 1.33 bits per heavy atom. The molecule has 12 heavy (non-hydrogen) atoms. The number of alkyl halides is 3. The van der Waals surface area contributed by atoms with E-state index >= 15 is 0 Å². The van der Waals surface area contributed by atoms with Crippen molar-refractivity contribution in [2.45, 2.75) is 19.4 Å². The van der Waals surface area contributed by atoms with E-state index in [4.69, 9.17) is 0 Å². The Hall–Kier alpha value is -0.520. The molecule has 2 nitrogen and oxygen atoms in total. The van der Waals surface area contributed by atoms with E-state index in [1.807, 2.05) is 0 Å². The standard InChI is InChI=1S/C6H9F3O2S/c1-4(2)5(3)12(10,11)6(7,8)9/h4H,3H2,1-2H3. The normalized spacial score (nSPS) is 13.5. The highest BCUT2D eigenvalue weighted by Crippen LogP contribution is 2.31. The first-order chi connectivity index (χ1) is 5.10. The van der Waals surface area contributed by atoms with Crippen molar-refractivity contribution in [1.29, 1.82) is 0 Å². The average Bonchev–Trinajstić information content (AvgIpc) is 1.83. The maximum atomic E-state index is 11.8. The molecule has 0 atom stereocenters. The van der Waals surface area contributed by atoms with Crippen molar-refractivity contribution in [1.82, 2.24) is 0 Å². The Morgan fingerprint density at radius 3 is 1.75 bits per heavy atom. The predicted molar refractivity (Wildman–Crippen MR) is 39.0 cm³/mol. The van der Waals surface area contributed by atoms with Crippen molar-refractivity contribution in [2.24, 2.45) is 5.92 Å². The summed E-state index contributed by atoms with van der Waals surface area (Å²) in [5, 5.41) is 0. The molecule has 0 aromatic carbocycles. The molecular weight excluding hydrogens is 193 g/mol. The molecule has 0 heterocycles. The zero-order valence-corrected chi connectivity index (χ0v) is 7.46. The van der Waals surface area contributed by atoms with Gasteiger partial charge < -0.3 is 0 Å². The van der Waals surface area contributed by atoms with Crippen LogP contribution in [0.15, 0.2) is 11.5 Å². The SMILES string of the molecule is C=C(C(C)C)S(=O)(=O)C(F)(F)F. The molecule has 0 amide bonds. The fourth-order valence-electron chi connectivity index (χ4n) is 0.459. The summed E-state index contributed by atoms with van der Waals surface area (Å²) < 4.78 is 56.5. The van der Waals surface area contributed by atoms with E-state index in [1.165, 1.54) is 13.8 Å². The number of halogens is 3. The summed E-state index contributed by atoms with van der Waals surface area (Å²) in [6, 6.07) is 0. The van der Waals surface area contributed by atoms with Gasteiger partial charge >= 0.3 is 5.51 Å². The highest BCUT2D eigenvalue weighted by Gasteiger charge is 2.47. The first kappa shape index (κ1) is 11.5. The third kappa shape index (κ3) is 2.00. The fourth-order valence-corrected chi connectivity index (χ4v) is 1.38. The van der Waals surface area contributed by atoms with E-state index in [0.29, 0.717) is 0 Å². The lowest BCUT2D eigenvalue weighted by atomic mass is 10.2. The van der Waals surface area contributed by atoms with Crippen LogP contribution in [0.3, 0.4) is 0 Å². The first-order valence-electron chi connectivity index (χ1n) is 3.11. The van der Waals surface area contributed by atoms with E-state index < -0.39 is 26.2 Å². The Morgan fingerprint density at radius 2 is 1.67 bits per heavy atom. The van der Waals surface area contributed by atoms with E-state index in [-0.39, 0.29) is 0 Å². The second-order valence-electron chi connectivity index (χ2n) is 2.57. The van der Waals surface area contributed by atoms with E-state index in [1.54, 1.807) is 0 Å². The highest BCUT2D eigenvalue weighted by molar-refractivity contribution is 7.96. The minimum atomic E-state index is -5.23. The quantitative estimate of drug-likeness (QED) is 0.687. The number of hydrogen-bond acceptors (Lipinski definition) is 2. The Balaban J connectivity index is 5.04. The molecule has 0 aliphatic heterocycles. The fraction of sp³-hybridized carbons (Fsp3) is 0.667. The van der Waals surface area contributed by atoms with Crippen molar-refractivity contribution in [2.75, 3.05) is 0 Å². The summed E-state index contributed by atoms with van der Waals surface area (Å²) in [4.78, 5) is -0.796. The zero-order chi connectivity index (χ0) is 10.2. The lowest BCUT2D eigenvalue weighted by Gasteiger charge is -2.12. The summed E-state index contributed by atoms with van der Waals surface area (Å²) >= 11 is 0. The van der Waals surface area contributed by atoms with Gasteiger partial charge in [-0.3, -0.25) is 0 Å². The van der Waals surface area contributed by atoms with Gasteiger partial charge in [-0.1, -0.05) is 20.4 Å². The van der Waals surface area contributed by atoms with Gasteiger partial charge in [-0.25, -0.2) is 8.42 Å². The van der Waals surface area contributed by atoms with Crippen LogP contribution in [0.1, 0.15) is 13.8 Å². The zero-order valence-electron chi connectivity index (χ0n) is 6.64. The van der Waals surface area contributed by atoms with Crippen LogP contribution in [-0.4, -0.2) is 13.9 Å². The van der Waals surface area contributed by atoms with Crippen molar-refractivity contribution in [3.05, 3.63) is 11.5 Å². The van der Waals surface area contributed by atoms with Crippen molar-refractivity contribution >= 4 is 9.84 Å². The Labute approximate surface area is 69.0 Å². The van der Waals surface area contributed by atoms with Crippen molar-refractivity contribution < 1.29 is 21.6 Å². The van der Waals surface area contributed by atoms with Crippen LogP contribution in [0.2, 0.25) is 0 Å². The maximum absolute atomic E-state index is 11.8. The molecule has 0 aromatic rings. The second-order valence-corrected chi connectivity index (χ2v) is 4.56. The molecule has 0 spiro atoms. The molecule has 0 aromatic heterocycles. The molecule has 0 aliphatic rings. The van der Waals surface area contributed by atoms with Gasteiger partial charge in [0.1, 0.15) is 0 Å². The van der Waals surface area contributed by atoms with Gasteiger partial charge in [0.05, 0.1) is 0 Å². The van der Waals surface area contributed by atoms with E-state index in [0.717, 1.165) is 0 Å². The number of allylic oxidation sites excluding steroid dienone is 1.